The van der Waals surface area contributed by atoms with Crippen LogP contribution < -0.4 is 5.73 Å². The van der Waals surface area contributed by atoms with Gasteiger partial charge in [0.05, 0.1) is 5.69 Å². The van der Waals surface area contributed by atoms with Crippen LogP contribution in [0.2, 0.25) is 0 Å². The largest absolute Gasteiger partial charge is 0.443 e. The molecular weight excluding hydrogens is 242 g/mol. The van der Waals surface area contributed by atoms with E-state index in [9.17, 15) is 4.79 Å². The minimum absolute atomic E-state index is 0.194. The Morgan fingerprint density at radius 1 is 1.37 bits per heavy atom. The summed E-state index contributed by atoms with van der Waals surface area (Å²) in [7, 11) is 0. The average molecular weight is 265 g/mol. The summed E-state index contributed by atoms with van der Waals surface area (Å²) in [6, 6.07) is 0. The molecule has 1 aromatic rings. The lowest BCUT2D eigenvalue weighted by molar-refractivity contribution is 0.0536. The molecule has 0 amide bonds. The van der Waals surface area contributed by atoms with Crippen LogP contribution in [-0.2, 0) is 10.2 Å². The molecule has 0 saturated heterocycles. The second kappa shape index (κ2) is 4.07. The Balaban J connectivity index is 2.18. The molecular formula is C14H23N3O2. The lowest BCUT2D eigenvalue weighted by Gasteiger charge is -2.29. The molecule has 5 heteroatoms. The first-order valence-corrected chi connectivity index (χ1v) is 6.62. The van der Waals surface area contributed by atoms with Gasteiger partial charge in [0.15, 0.2) is 0 Å². The van der Waals surface area contributed by atoms with E-state index in [1.807, 2.05) is 20.8 Å². The van der Waals surface area contributed by atoms with E-state index in [1.54, 1.807) is 6.20 Å². The first-order valence-electron chi connectivity index (χ1n) is 6.62. The number of hydrogen-bond acceptors (Lipinski definition) is 4. The number of ether oxygens (including phenoxy) is 1. The quantitative estimate of drug-likeness (QED) is 0.891. The summed E-state index contributed by atoms with van der Waals surface area (Å²) in [5.41, 5.74) is 6.17. The zero-order valence-corrected chi connectivity index (χ0v) is 12.4. The van der Waals surface area contributed by atoms with Gasteiger partial charge in [-0.25, -0.2) is 14.3 Å². The van der Waals surface area contributed by atoms with Crippen LogP contribution in [0.4, 0.5) is 4.79 Å². The fraction of sp³-hybridized carbons (Fsp3) is 0.714. The van der Waals surface area contributed by atoms with Crippen molar-refractivity contribution in [3.05, 3.63) is 18.2 Å². The van der Waals surface area contributed by atoms with Crippen molar-refractivity contribution in [2.45, 2.75) is 64.0 Å². The van der Waals surface area contributed by atoms with Crippen LogP contribution in [0.1, 0.15) is 53.2 Å². The topological polar surface area (TPSA) is 70.1 Å². The van der Waals surface area contributed by atoms with E-state index in [1.165, 1.54) is 10.9 Å². The van der Waals surface area contributed by atoms with Gasteiger partial charge < -0.3 is 10.5 Å². The summed E-state index contributed by atoms with van der Waals surface area (Å²) in [5.74, 6) is 0. The third kappa shape index (κ3) is 2.66. The Hall–Kier alpha value is -1.36. The first-order chi connectivity index (χ1) is 8.55. The number of aromatic nitrogens is 2. The number of carbonyl (C=O) groups excluding carboxylic acids is 1. The smallest absolute Gasteiger partial charge is 0.419 e. The molecule has 0 aromatic carbocycles. The molecule has 1 heterocycles. The number of hydrogen-bond donors (Lipinski definition) is 1. The molecule has 0 atom stereocenters. The Bertz CT molecular complexity index is 493. The summed E-state index contributed by atoms with van der Waals surface area (Å²) >= 11 is 0. The molecule has 1 fully saturated rings. The summed E-state index contributed by atoms with van der Waals surface area (Å²) < 4.78 is 6.69. The fourth-order valence-electron chi connectivity index (χ4n) is 2.07. The normalized spacial score (nSPS) is 18.2. The number of carbonyl (C=O) groups is 1. The first kappa shape index (κ1) is 14.1. The number of imidazole rings is 1. The summed E-state index contributed by atoms with van der Waals surface area (Å²) in [6.45, 7) is 9.66. The maximum absolute atomic E-state index is 11.9. The van der Waals surface area contributed by atoms with Crippen molar-refractivity contribution in [2.24, 2.45) is 5.73 Å². The van der Waals surface area contributed by atoms with Crippen LogP contribution in [0.15, 0.2) is 12.5 Å². The van der Waals surface area contributed by atoms with E-state index in [0.717, 1.165) is 18.5 Å². The van der Waals surface area contributed by atoms with Gasteiger partial charge in [0.1, 0.15) is 11.9 Å². The van der Waals surface area contributed by atoms with Gasteiger partial charge in [-0.1, -0.05) is 13.8 Å². The highest BCUT2D eigenvalue weighted by atomic mass is 16.6. The van der Waals surface area contributed by atoms with Crippen LogP contribution in [0, 0.1) is 0 Å². The van der Waals surface area contributed by atoms with Gasteiger partial charge in [0, 0.05) is 17.2 Å². The van der Waals surface area contributed by atoms with Crippen LogP contribution in [-0.4, -0.2) is 26.8 Å². The van der Waals surface area contributed by atoms with Crippen molar-refractivity contribution in [3.63, 3.8) is 0 Å². The Labute approximate surface area is 114 Å². The predicted molar refractivity (Wildman–Crippen MR) is 73.0 cm³/mol. The average Bonchev–Trinajstić information content (AvgIpc) is 2.81. The summed E-state index contributed by atoms with van der Waals surface area (Å²) in [6.07, 6.45) is 4.81. The van der Waals surface area contributed by atoms with E-state index in [2.05, 4.69) is 18.8 Å². The maximum Gasteiger partial charge on any atom is 0.419 e. The summed E-state index contributed by atoms with van der Waals surface area (Å²) in [5, 5.41) is 0. The lowest BCUT2D eigenvalue weighted by Crippen LogP contribution is -2.43. The van der Waals surface area contributed by atoms with Gasteiger partial charge in [-0.3, -0.25) is 0 Å². The highest BCUT2D eigenvalue weighted by molar-refractivity contribution is 5.70. The van der Waals surface area contributed by atoms with Gasteiger partial charge in [-0.2, -0.15) is 0 Å². The van der Waals surface area contributed by atoms with Gasteiger partial charge >= 0.3 is 6.09 Å². The van der Waals surface area contributed by atoms with Crippen molar-refractivity contribution in [1.29, 1.82) is 0 Å². The van der Waals surface area contributed by atoms with E-state index in [-0.39, 0.29) is 11.0 Å². The Morgan fingerprint density at radius 3 is 2.42 bits per heavy atom. The van der Waals surface area contributed by atoms with Crippen molar-refractivity contribution >= 4 is 6.09 Å². The molecule has 2 rings (SSSR count). The molecule has 0 bridgehead atoms. The molecule has 0 radical (unpaired) electrons. The maximum atomic E-state index is 11.9. The Kier molecular flexibility index (Phi) is 3.01. The van der Waals surface area contributed by atoms with E-state index >= 15 is 0 Å². The van der Waals surface area contributed by atoms with Gasteiger partial charge in [-0.05, 0) is 33.6 Å². The Morgan fingerprint density at radius 2 is 1.95 bits per heavy atom. The zero-order chi connectivity index (χ0) is 14.5. The number of nitrogens with zero attached hydrogens (tertiary/aromatic N) is 2. The van der Waals surface area contributed by atoms with Crippen molar-refractivity contribution in [3.8, 4) is 0 Å². The molecule has 1 aliphatic carbocycles. The molecule has 0 spiro atoms. The SMILES string of the molecule is CC(C)(C)OC(=O)n1cnc(C(C)(C)C2(N)CC2)c1. The molecule has 0 aliphatic heterocycles. The number of rotatable bonds is 2. The second-order valence-corrected chi connectivity index (χ2v) is 6.93. The van der Waals surface area contributed by atoms with Crippen molar-refractivity contribution in [1.82, 2.24) is 9.55 Å². The molecule has 1 saturated carbocycles. The van der Waals surface area contributed by atoms with Gasteiger partial charge in [0.25, 0.3) is 0 Å². The fourth-order valence-corrected chi connectivity index (χ4v) is 2.07. The van der Waals surface area contributed by atoms with Crippen molar-refractivity contribution in [2.75, 3.05) is 0 Å². The molecule has 1 aromatic heterocycles. The molecule has 106 valence electrons. The highest BCUT2D eigenvalue weighted by Gasteiger charge is 2.53. The minimum atomic E-state index is -0.511. The standard InChI is InChI=1S/C14H23N3O2/c1-12(2,3)19-11(18)17-8-10(16-9-17)13(4,5)14(15)6-7-14/h8-9H,6-7,15H2,1-5H3. The number of nitrogens with two attached hydrogens (primary N) is 1. The van der Waals surface area contributed by atoms with E-state index in [4.69, 9.17) is 10.5 Å². The third-order valence-corrected chi connectivity index (χ3v) is 3.86. The molecule has 2 N–H and O–H groups in total. The lowest BCUT2D eigenvalue weighted by atomic mass is 9.80. The predicted octanol–water partition coefficient (Wildman–Crippen LogP) is 2.44. The van der Waals surface area contributed by atoms with Crippen LogP contribution in [0.25, 0.3) is 0 Å². The van der Waals surface area contributed by atoms with Crippen LogP contribution in [0.5, 0.6) is 0 Å². The zero-order valence-electron chi connectivity index (χ0n) is 12.4. The van der Waals surface area contributed by atoms with Crippen molar-refractivity contribution < 1.29 is 9.53 Å². The van der Waals surface area contributed by atoms with Gasteiger partial charge in [-0.15, -0.1) is 0 Å². The van der Waals surface area contributed by atoms with Crippen LogP contribution >= 0.6 is 0 Å². The minimum Gasteiger partial charge on any atom is -0.443 e. The monoisotopic (exact) mass is 265 g/mol. The third-order valence-electron chi connectivity index (χ3n) is 3.86. The second-order valence-electron chi connectivity index (χ2n) is 6.93. The summed E-state index contributed by atoms with van der Waals surface area (Å²) in [4.78, 5) is 16.3. The molecule has 0 unspecified atom stereocenters. The highest BCUT2D eigenvalue weighted by Crippen LogP contribution is 2.48. The van der Waals surface area contributed by atoms with Gasteiger partial charge in [0.2, 0.25) is 0 Å². The molecule has 19 heavy (non-hydrogen) atoms. The molecule has 5 nitrogen and oxygen atoms in total. The molecule has 1 aliphatic rings. The van der Waals surface area contributed by atoms with E-state index in [0.29, 0.717) is 0 Å². The van der Waals surface area contributed by atoms with E-state index < -0.39 is 11.7 Å². The van der Waals surface area contributed by atoms with Crippen LogP contribution in [0.3, 0.4) is 0 Å².